The molecule has 0 amide bonds. The number of benzene rings is 3. The molecule has 0 aromatic heterocycles. The molecule has 2 nitrogen and oxygen atoms in total. The van der Waals surface area contributed by atoms with Gasteiger partial charge in [0.15, 0.2) is 0 Å². The lowest BCUT2D eigenvalue weighted by Gasteiger charge is -2.36. The number of hydrogen-bond donors (Lipinski definition) is 1. The molecular weight excluding hydrogens is 272 g/mol. The van der Waals surface area contributed by atoms with Crippen LogP contribution in [0, 0.1) is 6.92 Å². The first-order chi connectivity index (χ1) is 10.7. The molecule has 2 heteroatoms. The maximum absolute atomic E-state index is 11.3. The molecule has 1 unspecified atom stereocenters. The van der Waals surface area contributed by atoms with Crippen LogP contribution in [0.1, 0.15) is 16.7 Å². The predicted molar refractivity (Wildman–Crippen MR) is 86.7 cm³/mol. The fraction of sp³-hybridized carbons (Fsp3) is 0.100. The smallest absolute Gasteiger partial charge is 0.262 e. The monoisotopic (exact) mass is 288 g/mol. The Hall–Kier alpha value is -2.58. The highest BCUT2D eigenvalue weighted by atomic mass is 16.6. The molecule has 0 spiro atoms. The molecule has 4 rings (SSSR count). The fourth-order valence-corrected chi connectivity index (χ4v) is 3.00. The van der Waals surface area contributed by atoms with Crippen molar-refractivity contribution in [2.24, 2.45) is 0 Å². The normalized spacial score (nSPS) is 19.0. The van der Waals surface area contributed by atoms with Crippen LogP contribution in [0.25, 0.3) is 11.1 Å². The van der Waals surface area contributed by atoms with E-state index in [1.54, 1.807) is 0 Å². The summed E-state index contributed by atoms with van der Waals surface area (Å²) in [5, 5.41) is 11.3. The van der Waals surface area contributed by atoms with Crippen molar-refractivity contribution in [2.45, 2.75) is 12.7 Å². The lowest BCUT2D eigenvalue weighted by Crippen LogP contribution is -2.37. The van der Waals surface area contributed by atoms with Gasteiger partial charge in [-0.1, -0.05) is 72.3 Å². The second-order valence-electron chi connectivity index (χ2n) is 5.65. The van der Waals surface area contributed by atoms with E-state index in [9.17, 15) is 5.11 Å². The molecule has 1 aliphatic rings. The van der Waals surface area contributed by atoms with Gasteiger partial charge in [-0.3, -0.25) is 0 Å². The zero-order valence-corrected chi connectivity index (χ0v) is 12.3. The van der Waals surface area contributed by atoms with E-state index in [0.717, 1.165) is 27.8 Å². The van der Waals surface area contributed by atoms with Crippen LogP contribution in [0.4, 0.5) is 0 Å². The van der Waals surface area contributed by atoms with E-state index >= 15 is 0 Å². The van der Waals surface area contributed by atoms with Gasteiger partial charge in [0.1, 0.15) is 5.75 Å². The molecule has 22 heavy (non-hydrogen) atoms. The summed E-state index contributed by atoms with van der Waals surface area (Å²) in [6.45, 7) is 2.03. The number of aryl methyl sites for hydroxylation is 1. The molecule has 0 saturated carbocycles. The van der Waals surface area contributed by atoms with Gasteiger partial charge in [0, 0.05) is 16.7 Å². The minimum absolute atomic E-state index is 0.698. The third kappa shape index (κ3) is 1.85. The topological polar surface area (TPSA) is 29.5 Å². The summed E-state index contributed by atoms with van der Waals surface area (Å²) in [5.74, 6) is -0.761. The van der Waals surface area contributed by atoms with E-state index < -0.39 is 5.79 Å². The van der Waals surface area contributed by atoms with Crippen molar-refractivity contribution >= 4 is 0 Å². The van der Waals surface area contributed by atoms with Gasteiger partial charge in [-0.25, -0.2) is 0 Å². The molecular formula is C20H16O2. The molecule has 1 N–H and O–H groups in total. The standard InChI is InChI=1S/C20H16O2/c1-14-10-12-15(13-11-14)20(21)18-8-4-2-6-16(18)17-7-3-5-9-19(17)22-20/h2-13,21H,1H3. The summed E-state index contributed by atoms with van der Waals surface area (Å²) >= 11 is 0. The molecule has 3 aromatic carbocycles. The molecule has 1 aliphatic heterocycles. The third-order valence-electron chi connectivity index (χ3n) is 4.17. The van der Waals surface area contributed by atoms with E-state index in [1.165, 1.54) is 0 Å². The summed E-state index contributed by atoms with van der Waals surface area (Å²) in [6, 6.07) is 23.5. The average molecular weight is 288 g/mol. The van der Waals surface area contributed by atoms with Gasteiger partial charge < -0.3 is 9.84 Å². The van der Waals surface area contributed by atoms with Crippen molar-refractivity contribution < 1.29 is 9.84 Å². The summed E-state index contributed by atoms with van der Waals surface area (Å²) < 4.78 is 6.03. The minimum atomic E-state index is -1.46. The zero-order chi connectivity index (χ0) is 15.2. The van der Waals surface area contributed by atoms with Crippen LogP contribution in [0.5, 0.6) is 5.75 Å². The molecule has 1 heterocycles. The van der Waals surface area contributed by atoms with Gasteiger partial charge in [0.25, 0.3) is 5.79 Å². The molecule has 0 fully saturated rings. The Morgan fingerprint density at radius 1 is 0.773 bits per heavy atom. The van der Waals surface area contributed by atoms with Crippen molar-refractivity contribution in [3.8, 4) is 16.9 Å². The number of ether oxygens (including phenoxy) is 1. The van der Waals surface area contributed by atoms with Crippen molar-refractivity contribution in [2.75, 3.05) is 0 Å². The summed E-state index contributed by atoms with van der Waals surface area (Å²) in [5.41, 5.74) is 4.68. The summed E-state index contributed by atoms with van der Waals surface area (Å²) in [7, 11) is 0. The highest BCUT2D eigenvalue weighted by molar-refractivity contribution is 5.77. The molecule has 0 aliphatic carbocycles. The van der Waals surface area contributed by atoms with Gasteiger partial charge in [-0.2, -0.15) is 0 Å². The number of hydrogen-bond acceptors (Lipinski definition) is 2. The summed E-state index contributed by atoms with van der Waals surface area (Å²) in [4.78, 5) is 0. The Morgan fingerprint density at radius 3 is 2.18 bits per heavy atom. The largest absolute Gasteiger partial charge is 0.453 e. The zero-order valence-electron chi connectivity index (χ0n) is 12.3. The Bertz CT molecular complexity index is 836. The fourth-order valence-electron chi connectivity index (χ4n) is 3.00. The molecule has 108 valence electrons. The van der Waals surface area contributed by atoms with E-state index in [1.807, 2.05) is 79.7 Å². The number of fused-ring (bicyclic) bond motifs is 3. The Kier molecular flexibility index (Phi) is 2.81. The van der Waals surface area contributed by atoms with E-state index in [0.29, 0.717) is 5.75 Å². The molecule has 0 radical (unpaired) electrons. The van der Waals surface area contributed by atoms with Gasteiger partial charge >= 0.3 is 0 Å². The first-order valence-electron chi connectivity index (χ1n) is 7.36. The van der Waals surface area contributed by atoms with Crippen LogP contribution < -0.4 is 4.74 Å². The number of rotatable bonds is 1. The average Bonchev–Trinajstić information content (AvgIpc) is 2.56. The van der Waals surface area contributed by atoms with Crippen LogP contribution >= 0.6 is 0 Å². The Labute approximate surface area is 129 Å². The first kappa shape index (κ1) is 13.1. The third-order valence-corrected chi connectivity index (χ3v) is 4.17. The second-order valence-corrected chi connectivity index (χ2v) is 5.65. The number of para-hydroxylation sites is 1. The van der Waals surface area contributed by atoms with Crippen molar-refractivity contribution in [3.05, 3.63) is 89.5 Å². The van der Waals surface area contributed by atoms with Crippen LogP contribution in [0.3, 0.4) is 0 Å². The first-order valence-corrected chi connectivity index (χ1v) is 7.36. The van der Waals surface area contributed by atoms with Crippen LogP contribution in [-0.2, 0) is 5.79 Å². The molecule has 3 aromatic rings. The van der Waals surface area contributed by atoms with Crippen molar-refractivity contribution in [1.29, 1.82) is 0 Å². The summed E-state index contributed by atoms with van der Waals surface area (Å²) in [6.07, 6.45) is 0. The second kappa shape index (κ2) is 4.72. The van der Waals surface area contributed by atoms with Crippen LogP contribution in [0.2, 0.25) is 0 Å². The quantitative estimate of drug-likeness (QED) is 0.725. The van der Waals surface area contributed by atoms with Gasteiger partial charge in [0.2, 0.25) is 0 Å². The maximum atomic E-state index is 11.3. The predicted octanol–water partition coefficient (Wildman–Crippen LogP) is 4.25. The van der Waals surface area contributed by atoms with E-state index in [-0.39, 0.29) is 0 Å². The van der Waals surface area contributed by atoms with Gasteiger partial charge in [-0.05, 0) is 18.6 Å². The highest BCUT2D eigenvalue weighted by Crippen LogP contribution is 2.46. The maximum Gasteiger partial charge on any atom is 0.262 e. The molecule has 1 atom stereocenters. The molecule has 0 saturated heterocycles. The molecule has 0 bridgehead atoms. The van der Waals surface area contributed by atoms with Crippen molar-refractivity contribution in [3.63, 3.8) is 0 Å². The highest BCUT2D eigenvalue weighted by Gasteiger charge is 2.40. The SMILES string of the molecule is Cc1ccc(C2(O)Oc3ccccc3-c3ccccc32)cc1. The Morgan fingerprint density at radius 2 is 1.41 bits per heavy atom. The van der Waals surface area contributed by atoms with E-state index in [2.05, 4.69) is 0 Å². The minimum Gasteiger partial charge on any atom is -0.453 e. The lowest BCUT2D eigenvalue weighted by molar-refractivity contribution is -0.110. The van der Waals surface area contributed by atoms with Gasteiger partial charge in [-0.15, -0.1) is 0 Å². The lowest BCUT2D eigenvalue weighted by atomic mass is 9.87. The Balaban J connectivity index is 1.97. The van der Waals surface area contributed by atoms with Crippen molar-refractivity contribution in [1.82, 2.24) is 0 Å². The van der Waals surface area contributed by atoms with Crippen LogP contribution in [-0.4, -0.2) is 5.11 Å². The van der Waals surface area contributed by atoms with E-state index in [4.69, 9.17) is 4.74 Å². The van der Waals surface area contributed by atoms with Gasteiger partial charge in [0.05, 0.1) is 0 Å². The van der Waals surface area contributed by atoms with Crippen LogP contribution in [0.15, 0.2) is 72.8 Å². The number of aliphatic hydroxyl groups is 1.